The molecule has 0 unspecified atom stereocenters. The molecule has 0 saturated carbocycles. The van der Waals surface area contributed by atoms with Crippen LogP contribution in [0.5, 0.6) is 11.5 Å². The van der Waals surface area contributed by atoms with Crippen LogP contribution < -0.4 is 13.8 Å². The Hall–Kier alpha value is -1.92. The molecule has 0 spiro atoms. The standard InChI is InChI=1S/C15H14ClNO4S/c1-17(22(18,19)15-5-3-2-4-12(15)16)11-6-7-13-14(10-11)21-9-8-20-13/h2-7,10H,8-9H2,1H3. The minimum Gasteiger partial charge on any atom is -0.486 e. The van der Waals surface area contributed by atoms with Crippen LogP contribution in [0, 0.1) is 0 Å². The lowest BCUT2D eigenvalue weighted by Gasteiger charge is -2.23. The Morgan fingerprint density at radius 3 is 2.45 bits per heavy atom. The fraction of sp³-hybridized carbons (Fsp3) is 0.200. The second-order valence-corrected chi connectivity index (χ2v) is 7.08. The molecule has 1 aliphatic rings. The van der Waals surface area contributed by atoms with Gasteiger partial charge in [-0.3, -0.25) is 4.31 Å². The van der Waals surface area contributed by atoms with E-state index in [-0.39, 0.29) is 9.92 Å². The smallest absolute Gasteiger partial charge is 0.265 e. The number of rotatable bonds is 3. The number of halogens is 1. The normalized spacial score (nSPS) is 13.7. The number of hydrogen-bond acceptors (Lipinski definition) is 4. The van der Waals surface area contributed by atoms with Crippen molar-refractivity contribution < 1.29 is 17.9 Å². The number of anilines is 1. The summed E-state index contributed by atoms with van der Waals surface area (Å²) in [6, 6.07) is 11.4. The summed E-state index contributed by atoms with van der Waals surface area (Å²) < 4.78 is 37.5. The highest BCUT2D eigenvalue weighted by atomic mass is 35.5. The second kappa shape index (κ2) is 5.70. The molecule has 5 nitrogen and oxygen atoms in total. The predicted molar refractivity (Wildman–Crippen MR) is 84.5 cm³/mol. The summed E-state index contributed by atoms with van der Waals surface area (Å²) in [5, 5.41) is 0.187. The quantitative estimate of drug-likeness (QED) is 0.862. The van der Waals surface area contributed by atoms with Crippen molar-refractivity contribution in [2.45, 2.75) is 4.90 Å². The van der Waals surface area contributed by atoms with E-state index in [1.807, 2.05) is 0 Å². The van der Waals surface area contributed by atoms with E-state index < -0.39 is 10.0 Å². The van der Waals surface area contributed by atoms with Crippen molar-refractivity contribution in [2.75, 3.05) is 24.6 Å². The Morgan fingerprint density at radius 2 is 1.73 bits per heavy atom. The van der Waals surface area contributed by atoms with Gasteiger partial charge in [-0.2, -0.15) is 0 Å². The summed E-state index contributed by atoms with van der Waals surface area (Å²) in [4.78, 5) is 0.0639. The largest absolute Gasteiger partial charge is 0.486 e. The minimum absolute atomic E-state index is 0.0639. The summed E-state index contributed by atoms with van der Waals surface area (Å²) in [5.41, 5.74) is 0.476. The van der Waals surface area contributed by atoms with Crippen molar-refractivity contribution in [3.8, 4) is 11.5 Å². The molecular formula is C15H14ClNO4S. The van der Waals surface area contributed by atoms with Crippen LogP contribution in [0.4, 0.5) is 5.69 Å². The van der Waals surface area contributed by atoms with Crippen molar-refractivity contribution in [2.24, 2.45) is 0 Å². The van der Waals surface area contributed by atoms with E-state index in [2.05, 4.69) is 0 Å². The molecule has 0 aromatic heterocycles. The Morgan fingerprint density at radius 1 is 1.05 bits per heavy atom. The summed E-state index contributed by atoms with van der Waals surface area (Å²) >= 11 is 6.01. The SMILES string of the molecule is CN(c1ccc2c(c1)OCCO2)S(=O)(=O)c1ccccc1Cl. The molecule has 0 aliphatic carbocycles. The minimum atomic E-state index is -3.74. The molecular weight excluding hydrogens is 326 g/mol. The third-order valence-electron chi connectivity index (χ3n) is 3.36. The highest BCUT2D eigenvalue weighted by molar-refractivity contribution is 7.93. The second-order valence-electron chi connectivity index (χ2n) is 4.73. The Kier molecular flexibility index (Phi) is 3.88. The zero-order chi connectivity index (χ0) is 15.7. The highest BCUT2D eigenvalue weighted by Crippen LogP contribution is 2.35. The van der Waals surface area contributed by atoms with Crippen LogP contribution in [0.2, 0.25) is 5.02 Å². The third-order valence-corrected chi connectivity index (χ3v) is 5.65. The van der Waals surface area contributed by atoms with Crippen LogP contribution in [0.3, 0.4) is 0 Å². The van der Waals surface area contributed by atoms with E-state index in [4.69, 9.17) is 21.1 Å². The Labute approximate surface area is 134 Å². The molecule has 0 radical (unpaired) electrons. The molecule has 3 rings (SSSR count). The first-order chi connectivity index (χ1) is 10.5. The third kappa shape index (κ3) is 2.60. The highest BCUT2D eigenvalue weighted by Gasteiger charge is 2.25. The predicted octanol–water partition coefficient (Wildman–Crippen LogP) is 2.94. The van der Waals surface area contributed by atoms with E-state index in [1.54, 1.807) is 36.4 Å². The molecule has 0 saturated heterocycles. The molecule has 116 valence electrons. The Balaban J connectivity index is 2.00. The van der Waals surface area contributed by atoms with Crippen LogP contribution in [-0.4, -0.2) is 28.7 Å². The van der Waals surface area contributed by atoms with Gasteiger partial charge in [0.25, 0.3) is 10.0 Å². The first-order valence-electron chi connectivity index (χ1n) is 6.63. The van der Waals surface area contributed by atoms with Crippen molar-refractivity contribution in [3.63, 3.8) is 0 Å². The number of fused-ring (bicyclic) bond motifs is 1. The molecule has 0 fully saturated rings. The fourth-order valence-corrected chi connectivity index (χ4v) is 3.85. The van der Waals surface area contributed by atoms with Crippen LogP contribution in [0.25, 0.3) is 0 Å². The van der Waals surface area contributed by atoms with Crippen molar-refractivity contribution in [1.82, 2.24) is 0 Å². The molecule has 7 heteroatoms. The number of sulfonamides is 1. The van der Waals surface area contributed by atoms with Crippen molar-refractivity contribution in [3.05, 3.63) is 47.5 Å². The van der Waals surface area contributed by atoms with Gasteiger partial charge < -0.3 is 9.47 Å². The summed E-state index contributed by atoms with van der Waals surface area (Å²) in [6.45, 7) is 0.928. The first-order valence-corrected chi connectivity index (χ1v) is 8.45. The summed E-state index contributed by atoms with van der Waals surface area (Å²) in [6.07, 6.45) is 0. The zero-order valence-corrected chi connectivity index (χ0v) is 13.4. The summed E-state index contributed by atoms with van der Waals surface area (Å²) in [7, 11) is -2.27. The van der Waals surface area contributed by atoms with Gasteiger partial charge in [0.05, 0.1) is 10.7 Å². The molecule has 0 N–H and O–H groups in total. The maximum atomic E-state index is 12.7. The van der Waals surface area contributed by atoms with Crippen molar-refractivity contribution >= 4 is 27.3 Å². The van der Waals surface area contributed by atoms with E-state index in [1.165, 1.54) is 17.4 Å². The van der Waals surface area contributed by atoms with Crippen LogP contribution in [0.1, 0.15) is 0 Å². The van der Waals surface area contributed by atoms with Gasteiger partial charge in [-0.15, -0.1) is 0 Å². The van der Waals surface area contributed by atoms with Crippen LogP contribution in [0.15, 0.2) is 47.4 Å². The van der Waals surface area contributed by atoms with Gasteiger partial charge in [0.2, 0.25) is 0 Å². The monoisotopic (exact) mass is 339 g/mol. The van der Waals surface area contributed by atoms with Gasteiger partial charge in [-0.05, 0) is 24.3 Å². The maximum absolute atomic E-state index is 12.7. The van der Waals surface area contributed by atoms with Gasteiger partial charge in [-0.25, -0.2) is 8.42 Å². The molecule has 22 heavy (non-hydrogen) atoms. The lowest BCUT2D eigenvalue weighted by atomic mass is 10.2. The van der Waals surface area contributed by atoms with Gasteiger partial charge in [-0.1, -0.05) is 23.7 Å². The lowest BCUT2D eigenvalue weighted by Crippen LogP contribution is -2.27. The van der Waals surface area contributed by atoms with Crippen LogP contribution in [-0.2, 0) is 10.0 Å². The maximum Gasteiger partial charge on any atom is 0.265 e. The van der Waals surface area contributed by atoms with E-state index >= 15 is 0 Å². The molecule has 2 aromatic carbocycles. The van der Waals surface area contributed by atoms with Gasteiger partial charge >= 0.3 is 0 Å². The average Bonchev–Trinajstić information content (AvgIpc) is 2.54. The number of ether oxygens (including phenoxy) is 2. The lowest BCUT2D eigenvalue weighted by molar-refractivity contribution is 0.171. The fourth-order valence-electron chi connectivity index (χ4n) is 2.17. The first kappa shape index (κ1) is 15.0. The van der Waals surface area contributed by atoms with Gasteiger partial charge in [0.15, 0.2) is 11.5 Å². The number of nitrogens with zero attached hydrogens (tertiary/aromatic N) is 1. The molecule has 0 atom stereocenters. The topological polar surface area (TPSA) is 55.8 Å². The zero-order valence-electron chi connectivity index (χ0n) is 11.8. The number of hydrogen-bond donors (Lipinski definition) is 0. The van der Waals surface area contributed by atoms with Gasteiger partial charge in [0.1, 0.15) is 18.1 Å². The molecule has 2 aromatic rings. The molecule has 1 aliphatic heterocycles. The van der Waals surface area contributed by atoms with E-state index in [9.17, 15) is 8.42 Å². The van der Waals surface area contributed by atoms with Crippen molar-refractivity contribution in [1.29, 1.82) is 0 Å². The average molecular weight is 340 g/mol. The molecule has 1 heterocycles. The van der Waals surface area contributed by atoms with E-state index in [0.717, 1.165) is 0 Å². The number of benzene rings is 2. The summed E-state index contributed by atoms with van der Waals surface area (Å²) in [5.74, 6) is 1.14. The van der Waals surface area contributed by atoms with Crippen LogP contribution >= 0.6 is 11.6 Å². The Bertz CT molecular complexity index is 807. The molecule has 0 amide bonds. The van der Waals surface area contributed by atoms with Gasteiger partial charge in [0, 0.05) is 13.1 Å². The van der Waals surface area contributed by atoms with E-state index in [0.29, 0.717) is 30.4 Å². The molecule has 0 bridgehead atoms.